The molecule has 21 heavy (non-hydrogen) atoms. The van der Waals surface area contributed by atoms with Crippen molar-refractivity contribution < 1.29 is 19.5 Å². The van der Waals surface area contributed by atoms with Gasteiger partial charge in [0.05, 0.1) is 13.7 Å². The second-order valence-corrected chi connectivity index (χ2v) is 5.25. The normalized spacial score (nSPS) is 10.5. The van der Waals surface area contributed by atoms with Crippen molar-refractivity contribution in [3.05, 3.63) is 18.2 Å². The molecular weight excluding hydrogens is 267 g/mol. The van der Waals surface area contributed by atoms with Gasteiger partial charge in [0.15, 0.2) is 0 Å². The number of hydrogen-bond donors (Lipinski definition) is 2. The van der Waals surface area contributed by atoms with Crippen molar-refractivity contribution in [2.24, 2.45) is 0 Å². The highest BCUT2D eigenvalue weighted by Gasteiger charge is 2.18. The monoisotopic (exact) mass is 294 g/mol. The molecule has 0 aliphatic rings. The zero-order chi connectivity index (χ0) is 15.5. The van der Waals surface area contributed by atoms with Crippen LogP contribution in [-0.4, -0.2) is 30.9 Å². The molecule has 0 saturated carbocycles. The van der Waals surface area contributed by atoms with E-state index in [-0.39, 0.29) is 0 Å². The topological polar surface area (TPSA) is 58.9 Å². The molecule has 0 heterocycles. The Labute approximate surface area is 128 Å². The minimum absolute atomic E-state index is 0.345. The Morgan fingerprint density at radius 2 is 1.67 bits per heavy atom. The number of benzene rings is 1. The molecule has 0 bridgehead atoms. The first kappa shape index (κ1) is 17.9. The molecule has 4 nitrogen and oxygen atoms in total. The van der Waals surface area contributed by atoms with Crippen LogP contribution in [0.4, 0.5) is 0 Å². The average Bonchev–Trinajstić information content (AvgIpc) is 2.49. The summed E-state index contributed by atoms with van der Waals surface area (Å²) in [5.41, 5.74) is 0.345. The van der Waals surface area contributed by atoms with E-state index in [1.54, 1.807) is 25.3 Å². The molecule has 0 amide bonds. The first-order chi connectivity index (χ1) is 10.2. The second-order valence-electron chi connectivity index (χ2n) is 5.25. The van der Waals surface area contributed by atoms with Crippen molar-refractivity contribution in [1.29, 1.82) is 0 Å². The summed E-state index contributed by atoms with van der Waals surface area (Å²) in [6.07, 6.45) is 8.57. The molecule has 5 heteroatoms. The Bertz CT molecular complexity index is 396. The maximum absolute atomic E-state index is 9.37. The first-order valence-corrected chi connectivity index (χ1v) is 7.86. The van der Waals surface area contributed by atoms with E-state index in [1.807, 2.05) is 0 Å². The lowest BCUT2D eigenvalue weighted by molar-refractivity contribution is 0.304. The Hall–Kier alpha value is -1.20. The predicted molar refractivity (Wildman–Crippen MR) is 86.3 cm³/mol. The third kappa shape index (κ3) is 6.87. The number of ether oxygens (including phenoxy) is 2. The second kappa shape index (κ2) is 10.5. The zero-order valence-corrected chi connectivity index (χ0v) is 13.2. The Kier molecular flexibility index (Phi) is 8.94. The van der Waals surface area contributed by atoms with E-state index in [9.17, 15) is 10.0 Å². The van der Waals surface area contributed by atoms with Crippen LogP contribution in [-0.2, 0) is 0 Å². The number of rotatable bonds is 11. The molecule has 0 atom stereocenters. The van der Waals surface area contributed by atoms with Crippen LogP contribution >= 0.6 is 0 Å². The Morgan fingerprint density at radius 1 is 1.00 bits per heavy atom. The van der Waals surface area contributed by atoms with E-state index < -0.39 is 7.12 Å². The third-order valence-electron chi connectivity index (χ3n) is 3.50. The van der Waals surface area contributed by atoms with Gasteiger partial charge < -0.3 is 19.5 Å². The summed E-state index contributed by atoms with van der Waals surface area (Å²) < 4.78 is 10.7. The minimum atomic E-state index is -1.55. The van der Waals surface area contributed by atoms with E-state index >= 15 is 0 Å². The third-order valence-corrected chi connectivity index (χ3v) is 3.50. The molecule has 0 aliphatic carbocycles. The number of hydrogen-bond acceptors (Lipinski definition) is 4. The maximum Gasteiger partial charge on any atom is 0.492 e. The molecule has 0 unspecified atom stereocenters. The van der Waals surface area contributed by atoms with E-state index in [2.05, 4.69) is 6.92 Å². The van der Waals surface area contributed by atoms with Gasteiger partial charge in [-0.2, -0.15) is 0 Å². The molecule has 0 aliphatic heterocycles. The lowest BCUT2D eigenvalue weighted by Gasteiger charge is -2.12. The molecule has 0 spiro atoms. The standard InChI is InChI=1S/C16H27BO4/c1-3-4-5-6-7-8-9-12-21-16-11-10-14(20-2)13-15(16)17(18)19/h10-11,13,18-19H,3-9,12H2,1-2H3. The van der Waals surface area contributed by atoms with E-state index in [0.29, 0.717) is 23.6 Å². The van der Waals surface area contributed by atoms with Gasteiger partial charge in [0.1, 0.15) is 11.5 Å². The van der Waals surface area contributed by atoms with Gasteiger partial charge in [-0.1, -0.05) is 45.4 Å². The molecule has 1 aromatic carbocycles. The number of unbranched alkanes of at least 4 members (excludes halogenated alkanes) is 6. The summed E-state index contributed by atoms with van der Waals surface area (Å²) in [5, 5.41) is 18.7. The van der Waals surface area contributed by atoms with Crippen LogP contribution in [0.5, 0.6) is 11.5 Å². The van der Waals surface area contributed by atoms with Gasteiger partial charge in [-0.05, 0) is 24.6 Å². The highest BCUT2D eigenvalue weighted by Crippen LogP contribution is 2.16. The molecule has 0 fully saturated rings. The minimum Gasteiger partial charge on any atom is -0.497 e. The molecule has 0 aromatic heterocycles. The summed E-state index contributed by atoms with van der Waals surface area (Å²) in [6.45, 7) is 2.82. The average molecular weight is 294 g/mol. The van der Waals surface area contributed by atoms with E-state index in [4.69, 9.17) is 9.47 Å². The molecule has 0 radical (unpaired) electrons. The highest BCUT2D eigenvalue weighted by atomic mass is 16.5. The summed E-state index contributed by atoms with van der Waals surface area (Å²) in [6, 6.07) is 5.06. The van der Waals surface area contributed by atoms with Crippen molar-refractivity contribution >= 4 is 12.6 Å². The Morgan fingerprint density at radius 3 is 2.29 bits per heavy atom. The van der Waals surface area contributed by atoms with Crippen molar-refractivity contribution in [3.63, 3.8) is 0 Å². The maximum atomic E-state index is 9.37. The molecule has 0 saturated heterocycles. The molecular formula is C16H27BO4. The largest absolute Gasteiger partial charge is 0.497 e. The van der Waals surface area contributed by atoms with Gasteiger partial charge in [0.25, 0.3) is 0 Å². The van der Waals surface area contributed by atoms with E-state index in [1.165, 1.54) is 32.1 Å². The van der Waals surface area contributed by atoms with Crippen molar-refractivity contribution in [1.82, 2.24) is 0 Å². The van der Waals surface area contributed by atoms with Gasteiger partial charge in [-0.3, -0.25) is 0 Å². The lowest BCUT2D eigenvalue weighted by Crippen LogP contribution is -2.31. The fourth-order valence-electron chi connectivity index (χ4n) is 2.23. The van der Waals surface area contributed by atoms with Crippen LogP contribution < -0.4 is 14.9 Å². The SMILES string of the molecule is CCCCCCCCCOc1ccc(OC)cc1B(O)O. The van der Waals surface area contributed by atoms with Crippen LogP contribution in [0.1, 0.15) is 51.9 Å². The molecule has 118 valence electrons. The summed E-state index contributed by atoms with van der Waals surface area (Å²) in [5.74, 6) is 1.10. The van der Waals surface area contributed by atoms with Crippen LogP contribution in [0.3, 0.4) is 0 Å². The first-order valence-electron chi connectivity index (χ1n) is 7.86. The fourth-order valence-corrected chi connectivity index (χ4v) is 2.23. The van der Waals surface area contributed by atoms with Gasteiger partial charge in [-0.25, -0.2) is 0 Å². The molecule has 1 aromatic rings. The summed E-state index contributed by atoms with van der Waals surface area (Å²) in [4.78, 5) is 0. The lowest BCUT2D eigenvalue weighted by atomic mass is 9.79. The van der Waals surface area contributed by atoms with Gasteiger partial charge in [0.2, 0.25) is 0 Å². The van der Waals surface area contributed by atoms with Gasteiger partial charge in [-0.15, -0.1) is 0 Å². The van der Waals surface area contributed by atoms with E-state index in [0.717, 1.165) is 12.8 Å². The summed E-state index contributed by atoms with van der Waals surface area (Å²) in [7, 11) is -0.00813. The Balaban J connectivity index is 2.31. The van der Waals surface area contributed by atoms with Gasteiger partial charge in [0, 0.05) is 5.46 Å². The van der Waals surface area contributed by atoms with Crippen molar-refractivity contribution in [2.45, 2.75) is 51.9 Å². The highest BCUT2D eigenvalue weighted by molar-refractivity contribution is 6.59. The summed E-state index contributed by atoms with van der Waals surface area (Å²) >= 11 is 0. The molecule has 1 rings (SSSR count). The zero-order valence-electron chi connectivity index (χ0n) is 13.2. The van der Waals surface area contributed by atoms with Crippen molar-refractivity contribution in [3.8, 4) is 11.5 Å². The molecule has 2 N–H and O–H groups in total. The van der Waals surface area contributed by atoms with Crippen LogP contribution in [0.25, 0.3) is 0 Å². The fraction of sp³-hybridized carbons (Fsp3) is 0.625. The van der Waals surface area contributed by atoms with Crippen molar-refractivity contribution in [2.75, 3.05) is 13.7 Å². The van der Waals surface area contributed by atoms with Gasteiger partial charge >= 0.3 is 7.12 Å². The van der Waals surface area contributed by atoms with Crippen LogP contribution in [0, 0.1) is 0 Å². The smallest absolute Gasteiger partial charge is 0.492 e. The quantitative estimate of drug-likeness (QED) is 0.486. The van der Waals surface area contributed by atoms with Crippen LogP contribution in [0.2, 0.25) is 0 Å². The predicted octanol–water partition coefficient (Wildman–Crippen LogP) is 2.50. The van der Waals surface area contributed by atoms with Crippen LogP contribution in [0.15, 0.2) is 18.2 Å². The number of methoxy groups -OCH3 is 1.